The summed E-state index contributed by atoms with van der Waals surface area (Å²) < 4.78 is 10.4. The first kappa shape index (κ1) is 20.0. The molecule has 0 atom stereocenters. The van der Waals surface area contributed by atoms with Crippen molar-refractivity contribution in [2.45, 2.75) is 0 Å². The van der Waals surface area contributed by atoms with E-state index in [1.54, 1.807) is 0 Å². The van der Waals surface area contributed by atoms with Crippen LogP contribution in [-0.4, -0.2) is 23.9 Å². The highest BCUT2D eigenvalue weighted by Gasteiger charge is 2.22. The zero-order chi connectivity index (χ0) is 24.3. The van der Waals surface area contributed by atoms with Crippen molar-refractivity contribution in [2.75, 3.05) is 0 Å². The lowest BCUT2D eigenvalue weighted by molar-refractivity contribution is 0.656. The predicted octanol–water partition coefficient (Wildman–Crippen LogP) is 7.30. The average Bonchev–Trinajstić information content (AvgIpc) is 3.60. The van der Waals surface area contributed by atoms with Gasteiger partial charge in [0.15, 0.2) is 5.82 Å². The summed E-state index contributed by atoms with van der Waals surface area (Å²) in [4.78, 5) is 15.0. The van der Waals surface area contributed by atoms with Crippen LogP contribution in [0.15, 0.2) is 120 Å². The van der Waals surface area contributed by atoms with Crippen molar-refractivity contribution >= 4 is 39.0 Å². The molecular formula is C31H19N5O. The minimum Gasteiger partial charge on any atom is -0.436 e. The molecule has 37 heavy (non-hydrogen) atoms. The van der Waals surface area contributed by atoms with E-state index in [1.807, 2.05) is 84.9 Å². The third-order valence-electron chi connectivity index (χ3n) is 6.78. The quantitative estimate of drug-likeness (QED) is 0.268. The van der Waals surface area contributed by atoms with Crippen molar-refractivity contribution in [3.8, 4) is 28.5 Å². The van der Waals surface area contributed by atoms with Crippen LogP contribution in [0.4, 0.5) is 0 Å². The first-order valence-corrected chi connectivity index (χ1v) is 12.1. The minimum absolute atomic E-state index is 0.608. The molecule has 4 aromatic heterocycles. The Morgan fingerprint density at radius 3 is 2.08 bits per heavy atom. The topological polar surface area (TPSA) is 61.2 Å². The lowest BCUT2D eigenvalue weighted by atomic mass is 10.1. The predicted molar refractivity (Wildman–Crippen MR) is 146 cm³/mol. The summed E-state index contributed by atoms with van der Waals surface area (Å²) in [6, 6.07) is 38.7. The fourth-order valence-electron chi connectivity index (χ4n) is 5.13. The SMILES string of the molecule is c1ccc(-c2cc(-n3c4ccccc4n4c5c(nc34)oc3ccccc35)nc(-c3ccccc3)n2)cc1. The largest absolute Gasteiger partial charge is 0.436 e. The first-order valence-electron chi connectivity index (χ1n) is 12.1. The number of furan rings is 1. The second-order valence-electron chi connectivity index (χ2n) is 8.99. The maximum Gasteiger partial charge on any atom is 0.248 e. The number of hydrogen-bond acceptors (Lipinski definition) is 4. The van der Waals surface area contributed by atoms with Gasteiger partial charge in [0, 0.05) is 22.6 Å². The number of fused-ring (bicyclic) bond motifs is 7. The lowest BCUT2D eigenvalue weighted by Crippen LogP contribution is -2.03. The molecule has 6 heteroatoms. The molecule has 0 aliphatic carbocycles. The number of nitrogens with zero attached hydrogens (tertiary/aromatic N) is 5. The molecule has 0 spiro atoms. The summed E-state index contributed by atoms with van der Waals surface area (Å²) in [5.41, 5.74) is 7.27. The van der Waals surface area contributed by atoms with Crippen molar-refractivity contribution < 1.29 is 4.42 Å². The molecule has 0 fully saturated rings. The number of benzene rings is 4. The Morgan fingerprint density at radius 2 is 1.27 bits per heavy atom. The third kappa shape index (κ3) is 2.96. The highest BCUT2D eigenvalue weighted by molar-refractivity contribution is 6.05. The number of hydrogen-bond donors (Lipinski definition) is 0. The van der Waals surface area contributed by atoms with Crippen LogP contribution in [0.25, 0.3) is 67.5 Å². The molecule has 174 valence electrons. The van der Waals surface area contributed by atoms with Crippen LogP contribution < -0.4 is 0 Å². The molecule has 4 heterocycles. The second kappa shape index (κ2) is 7.63. The van der Waals surface area contributed by atoms with Gasteiger partial charge in [-0.3, -0.25) is 8.97 Å². The maximum absolute atomic E-state index is 6.14. The van der Waals surface area contributed by atoms with Gasteiger partial charge in [-0.1, -0.05) is 84.9 Å². The van der Waals surface area contributed by atoms with Gasteiger partial charge in [0.2, 0.25) is 11.5 Å². The molecule has 0 radical (unpaired) electrons. The summed E-state index contributed by atoms with van der Waals surface area (Å²) in [7, 11) is 0. The van der Waals surface area contributed by atoms with Crippen molar-refractivity contribution in [1.82, 2.24) is 23.9 Å². The Labute approximate surface area is 211 Å². The highest BCUT2D eigenvalue weighted by Crippen LogP contribution is 2.35. The fourth-order valence-corrected chi connectivity index (χ4v) is 5.13. The van der Waals surface area contributed by atoms with Crippen LogP contribution in [0.1, 0.15) is 0 Å². The molecule has 8 aromatic rings. The van der Waals surface area contributed by atoms with E-state index in [2.05, 4.69) is 39.3 Å². The third-order valence-corrected chi connectivity index (χ3v) is 6.78. The standard InChI is InChI=1S/C31H19N5O/c1-3-11-20(12-4-1)23-19-27(33-29(32-23)21-13-5-2-6-14-21)35-24-16-8-9-17-25(24)36-28-22-15-7-10-18-26(22)37-30(28)34-31(35)36/h1-19H. The molecule has 6 nitrogen and oxygen atoms in total. The van der Waals surface area contributed by atoms with E-state index < -0.39 is 0 Å². The van der Waals surface area contributed by atoms with Gasteiger partial charge in [-0.25, -0.2) is 9.97 Å². The van der Waals surface area contributed by atoms with Crippen LogP contribution in [0.3, 0.4) is 0 Å². The van der Waals surface area contributed by atoms with Crippen molar-refractivity contribution in [3.05, 3.63) is 115 Å². The summed E-state index contributed by atoms with van der Waals surface area (Å²) in [5, 5.41) is 1.03. The van der Waals surface area contributed by atoms with Gasteiger partial charge < -0.3 is 4.42 Å². The molecule has 0 saturated carbocycles. The summed E-state index contributed by atoms with van der Waals surface area (Å²) >= 11 is 0. The number of aromatic nitrogens is 5. The molecular weight excluding hydrogens is 458 g/mol. The molecule has 0 aliphatic heterocycles. The van der Waals surface area contributed by atoms with Crippen LogP contribution in [0.2, 0.25) is 0 Å². The second-order valence-corrected chi connectivity index (χ2v) is 8.99. The molecule has 8 rings (SSSR count). The molecule has 0 amide bonds. The average molecular weight is 478 g/mol. The van der Waals surface area contributed by atoms with Crippen LogP contribution in [-0.2, 0) is 0 Å². The number of para-hydroxylation sites is 3. The molecule has 4 aromatic carbocycles. The monoisotopic (exact) mass is 477 g/mol. The zero-order valence-electron chi connectivity index (χ0n) is 19.6. The zero-order valence-corrected chi connectivity index (χ0v) is 19.6. The van der Waals surface area contributed by atoms with Crippen LogP contribution in [0, 0.1) is 0 Å². The van der Waals surface area contributed by atoms with E-state index in [9.17, 15) is 0 Å². The number of imidazole rings is 2. The van der Waals surface area contributed by atoms with Gasteiger partial charge in [0.25, 0.3) is 0 Å². The maximum atomic E-state index is 6.14. The smallest absolute Gasteiger partial charge is 0.248 e. The van der Waals surface area contributed by atoms with Gasteiger partial charge >= 0.3 is 0 Å². The van der Waals surface area contributed by atoms with E-state index >= 15 is 0 Å². The van der Waals surface area contributed by atoms with E-state index in [1.165, 1.54) is 0 Å². The Kier molecular flexibility index (Phi) is 4.13. The summed E-state index contributed by atoms with van der Waals surface area (Å²) in [5.74, 6) is 2.15. The Balaban J connectivity index is 1.49. The molecule has 0 bridgehead atoms. The highest BCUT2D eigenvalue weighted by atomic mass is 16.3. The number of rotatable bonds is 3. The minimum atomic E-state index is 0.608. The molecule has 0 N–H and O–H groups in total. The van der Waals surface area contributed by atoms with Crippen molar-refractivity contribution in [1.29, 1.82) is 0 Å². The van der Waals surface area contributed by atoms with Crippen molar-refractivity contribution in [3.63, 3.8) is 0 Å². The van der Waals surface area contributed by atoms with E-state index in [-0.39, 0.29) is 0 Å². The van der Waals surface area contributed by atoms with Gasteiger partial charge in [-0.15, -0.1) is 0 Å². The van der Waals surface area contributed by atoms with Crippen molar-refractivity contribution in [2.24, 2.45) is 0 Å². The van der Waals surface area contributed by atoms with Gasteiger partial charge in [0.1, 0.15) is 16.9 Å². The van der Waals surface area contributed by atoms with Gasteiger partial charge in [-0.05, 0) is 24.3 Å². The van der Waals surface area contributed by atoms with E-state index in [0.29, 0.717) is 11.5 Å². The van der Waals surface area contributed by atoms with Gasteiger partial charge in [0.05, 0.1) is 16.7 Å². The normalized spacial score (nSPS) is 11.8. The van der Waals surface area contributed by atoms with Crippen LogP contribution in [0.5, 0.6) is 0 Å². The van der Waals surface area contributed by atoms with E-state index in [0.717, 1.165) is 55.9 Å². The first-order chi connectivity index (χ1) is 18.3. The fraction of sp³-hybridized carbons (Fsp3) is 0. The van der Waals surface area contributed by atoms with Gasteiger partial charge in [-0.2, -0.15) is 4.98 Å². The van der Waals surface area contributed by atoms with E-state index in [4.69, 9.17) is 19.4 Å². The molecule has 0 aliphatic rings. The lowest BCUT2D eigenvalue weighted by Gasteiger charge is -2.10. The summed E-state index contributed by atoms with van der Waals surface area (Å²) in [6.45, 7) is 0. The Bertz CT molecular complexity index is 2030. The Hall–Kier alpha value is -5.23. The molecule has 0 saturated heterocycles. The summed E-state index contributed by atoms with van der Waals surface area (Å²) in [6.07, 6.45) is 0. The van der Waals surface area contributed by atoms with Crippen LogP contribution >= 0.6 is 0 Å². The molecule has 0 unspecified atom stereocenters. The Morgan fingerprint density at radius 1 is 0.595 bits per heavy atom.